The van der Waals surface area contributed by atoms with Crippen LogP contribution in [0.5, 0.6) is 0 Å². The highest BCUT2D eigenvalue weighted by molar-refractivity contribution is 5.95. The summed E-state index contributed by atoms with van der Waals surface area (Å²) in [7, 11) is 0. The zero-order chi connectivity index (χ0) is 18.7. The van der Waals surface area contributed by atoms with E-state index in [0.717, 1.165) is 5.52 Å². The Morgan fingerprint density at radius 2 is 2.00 bits per heavy atom. The second-order valence-electron chi connectivity index (χ2n) is 6.48. The van der Waals surface area contributed by atoms with Gasteiger partial charge in [0.05, 0.1) is 4.92 Å². The number of carbonyl (C=O) groups is 1. The van der Waals surface area contributed by atoms with Gasteiger partial charge in [0.2, 0.25) is 5.89 Å². The number of nitro groups is 1. The first kappa shape index (κ1) is 17.6. The summed E-state index contributed by atoms with van der Waals surface area (Å²) in [4.78, 5) is 27.5. The van der Waals surface area contributed by atoms with Gasteiger partial charge in [0.25, 0.3) is 11.6 Å². The number of fused-ring (bicyclic) bond motifs is 1. The van der Waals surface area contributed by atoms with Crippen LogP contribution in [0, 0.1) is 16.0 Å². The van der Waals surface area contributed by atoms with Gasteiger partial charge in [-0.05, 0) is 30.5 Å². The lowest BCUT2D eigenvalue weighted by molar-refractivity contribution is -0.384. The predicted molar refractivity (Wildman–Crippen MR) is 96.8 cm³/mol. The largest absolute Gasteiger partial charge is 0.438 e. The highest BCUT2D eigenvalue weighted by Crippen LogP contribution is 2.25. The number of para-hydroxylation sites is 2. The molecule has 0 fully saturated rings. The number of aromatic nitrogens is 1. The molecule has 0 unspecified atom stereocenters. The zero-order valence-corrected chi connectivity index (χ0v) is 14.5. The molecule has 7 nitrogen and oxygen atoms in total. The van der Waals surface area contributed by atoms with Crippen LogP contribution in [0.1, 0.15) is 42.6 Å². The van der Waals surface area contributed by atoms with Crippen molar-refractivity contribution in [1.82, 2.24) is 10.3 Å². The van der Waals surface area contributed by atoms with Crippen molar-refractivity contribution in [2.24, 2.45) is 5.92 Å². The Morgan fingerprint density at radius 3 is 2.69 bits per heavy atom. The topological polar surface area (TPSA) is 98.3 Å². The summed E-state index contributed by atoms with van der Waals surface area (Å²) in [6.07, 6.45) is 0.632. The summed E-state index contributed by atoms with van der Waals surface area (Å²) >= 11 is 0. The van der Waals surface area contributed by atoms with Crippen molar-refractivity contribution in [2.75, 3.05) is 0 Å². The van der Waals surface area contributed by atoms with Crippen molar-refractivity contribution in [3.8, 4) is 0 Å². The number of benzene rings is 2. The number of nitrogens with one attached hydrogen (secondary N) is 1. The van der Waals surface area contributed by atoms with Gasteiger partial charge in [-0.2, -0.15) is 0 Å². The predicted octanol–water partition coefficient (Wildman–Crippen LogP) is 4.25. The van der Waals surface area contributed by atoms with Crippen molar-refractivity contribution in [1.29, 1.82) is 0 Å². The minimum atomic E-state index is -0.525. The molecule has 1 heterocycles. The van der Waals surface area contributed by atoms with Gasteiger partial charge in [-0.15, -0.1) is 0 Å². The summed E-state index contributed by atoms with van der Waals surface area (Å²) < 4.78 is 5.80. The number of hydrogen-bond donors (Lipinski definition) is 1. The summed E-state index contributed by atoms with van der Waals surface area (Å²) in [5, 5.41) is 13.8. The molecule has 1 aromatic heterocycles. The molecular weight excluding hydrogens is 334 g/mol. The molecule has 0 bridgehead atoms. The summed E-state index contributed by atoms with van der Waals surface area (Å²) in [5.74, 6) is 0.320. The van der Waals surface area contributed by atoms with Crippen LogP contribution < -0.4 is 5.32 Å². The van der Waals surface area contributed by atoms with Crippen molar-refractivity contribution in [3.63, 3.8) is 0 Å². The third-order valence-electron chi connectivity index (χ3n) is 3.94. The number of hydrogen-bond acceptors (Lipinski definition) is 5. The van der Waals surface area contributed by atoms with Crippen molar-refractivity contribution in [2.45, 2.75) is 26.3 Å². The molecule has 0 aliphatic heterocycles. The van der Waals surface area contributed by atoms with Crippen molar-refractivity contribution >= 4 is 22.7 Å². The standard InChI is InChI=1S/C19H19N3O4/c1-12(2)10-16(19-21-15-8-3-4-9-17(15)26-19)20-18(23)13-6-5-7-14(11-13)22(24)25/h3-9,11-12,16H,10H2,1-2H3,(H,20,23)/t16-/m0/s1. The molecule has 0 spiro atoms. The first-order valence-corrected chi connectivity index (χ1v) is 8.35. The lowest BCUT2D eigenvalue weighted by atomic mass is 10.0. The molecular formula is C19H19N3O4. The van der Waals surface area contributed by atoms with E-state index in [4.69, 9.17) is 4.42 Å². The maximum absolute atomic E-state index is 12.6. The Labute approximate surface area is 150 Å². The van der Waals surface area contributed by atoms with Gasteiger partial charge >= 0.3 is 0 Å². The number of nitro benzene ring substituents is 1. The molecule has 0 radical (unpaired) electrons. The van der Waals surface area contributed by atoms with Crippen LogP contribution in [0.25, 0.3) is 11.1 Å². The Kier molecular flexibility index (Phi) is 4.97. The Balaban J connectivity index is 1.87. The fourth-order valence-corrected chi connectivity index (χ4v) is 2.73. The van der Waals surface area contributed by atoms with Gasteiger partial charge in [-0.25, -0.2) is 4.98 Å². The van der Waals surface area contributed by atoms with E-state index in [2.05, 4.69) is 10.3 Å². The van der Waals surface area contributed by atoms with E-state index in [0.29, 0.717) is 23.8 Å². The molecule has 0 aliphatic rings. The number of amides is 1. The molecule has 0 aliphatic carbocycles. The molecule has 1 N–H and O–H groups in total. The molecule has 7 heteroatoms. The van der Waals surface area contributed by atoms with E-state index in [1.165, 1.54) is 18.2 Å². The van der Waals surface area contributed by atoms with Gasteiger partial charge < -0.3 is 9.73 Å². The van der Waals surface area contributed by atoms with E-state index in [-0.39, 0.29) is 11.3 Å². The fourth-order valence-electron chi connectivity index (χ4n) is 2.73. The molecule has 3 rings (SSSR count). The number of non-ortho nitro benzene ring substituents is 1. The summed E-state index contributed by atoms with van der Waals surface area (Å²) in [6, 6.07) is 12.6. The first-order valence-electron chi connectivity index (χ1n) is 8.35. The van der Waals surface area contributed by atoms with Crippen LogP contribution >= 0.6 is 0 Å². The number of nitrogens with zero attached hydrogens (tertiary/aromatic N) is 2. The lowest BCUT2D eigenvalue weighted by Crippen LogP contribution is -2.29. The van der Waals surface area contributed by atoms with Crippen LogP contribution in [-0.2, 0) is 0 Å². The minimum Gasteiger partial charge on any atom is -0.438 e. The molecule has 0 saturated heterocycles. The molecule has 26 heavy (non-hydrogen) atoms. The second kappa shape index (κ2) is 7.35. The normalized spacial score (nSPS) is 12.3. The van der Waals surface area contributed by atoms with Gasteiger partial charge in [0, 0.05) is 17.7 Å². The highest BCUT2D eigenvalue weighted by atomic mass is 16.6. The van der Waals surface area contributed by atoms with E-state index >= 15 is 0 Å². The monoisotopic (exact) mass is 353 g/mol. The Morgan fingerprint density at radius 1 is 1.23 bits per heavy atom. The highest BCUT2D eigenvalue weighted by Gasteiger charge is 2.23. The van der Waals surface area contributed by atoms with Crippen LogP contribution in [-0.4, -0.2) is 15.8 Å². The Bertz CT molecular complexity index is 916. The fraction of sp³-hybridized carbons (Fsp3) is 0.263. The molecule has 2 aromatic carbocycles. The van der Waals surface area contributed by atoms with Crippen LogP contribution in [0.3, 0.4) is 0 Å². The van der Waals surface area contributed by atoms with Gasteiger partial charge in [-0.1, -0.05) is 32.0 Å². The number of oxazole rings is 1. The summed E-state index contributed by atoms with van der Waals surface area (Å²) in [5.41, 5.74) is 1.48. The first-order chi connectivity index (χ1) is 12.4. The van der Waals surface area contributed by atoms with E-state index in [1.54, 1.807) is 6.07 Å². The average molecular weight is 353 g/mol. The average Bonchev–Trinajstić information content (AvgIpc) is 3.05. The zero-order valence-electron chi connectivity index (χ0n) is 14.5. The van der Waals surface area contributed by atoms with Crippen molar-refractivity contribution < 1.29 is 14.1 Å². The molecule has 0 saturated carbocycles. The number of rotatable bonds is 6. The Hall–Kier alpha value is -3.22. The van der Waals surface area contributed by atoms with Crippen LogP contribution in [0.15, 0.2) is 52.9 Å². The van der Waals surface area contributed by atoms with Gasteiger partial charge in [-0.3, -0.25) is 14.9 Å². The van der Waals surface area contributed by atoms with Gasteiger partial charge in [0.15, 0.2) is 5.58 Å². The van der Waals surface area contributed by atoms with Gasteiger partial charge in [0.1, 0.15) is 11.6 Å². The minimum absolute atomic E-state index is 0.125. The quantitative estimate of drug-likeness (QED) is 0.527. The maximum Gasteiger partial charge on any atom is 0.270 e. The van der Waals surface area contributed by atoms with E-state index in [1.807, 2.05) is 38.1 Å². The van der Waals surface area contributed by atoms with E-state index < -0.39 is 16.9 Å². The van der Waals surface area contributed by atoms with E-state index in [9.17, 15) is 14.9 Å². The summed E-state index contributed by atoms with van der Waals surface area (Å²) in [6.45, 7) is 4.07. The van der Waals surface area contributed by atoms with Crippen LogP contribution in [0.2, 0.25) is 0 Å². The SMILES string of the molecule is CC(C)C[C@H](NC(=O)c1cccc([N+](=O)[O-])c1)c1nc2ccccc2o1. The molecule has 1 atom stereocenters. The van der Waals surface area contributed by atoms with Crippen LogP contribution in [0.4, 0.5) is 5.69 Å². The molecule has 1 amide bonds. The lowest BCUT2D eigenvalue weighted by Gasteiger charge is -2.17. The third kappa shape index (κ3) is 3.88. The second-order valence-corrected chi connectivity index (χ2v) is 6.48. The number of carbonyl (C=O) groups excluding carboxylic acids is 1. The maximum atomic E-state index is 12.6. The smallest absolute Gasteiger partial charge is 0.270 e. The molecule has 3 aromatic rings. The third-order valence-corrected chi connectivity index (χ3v) is 3.94. The van der Waals surface area contributed by atoms with Crippen molar-refractivity contribution in [3.05, 3.63) is 70.1 Å². The molecule has 134 valence electrons.